The van der Waals surface area contributed by atoms with Crippen molar-refractivity contribution in [3.63, 3.8) is 0 Å². The second-order valence-electron chi connectivity index (χ2n) is 6.86. The Labute approximate surface area is 172 Å². The molecule has 0 spiro atoms. The van der Waals surface area contributed by atoms with Crippen LogP contribution in [0.4, 0.5) is 0 Å². The first-order valence-electron chi connectivity index (χ1n) is 11.0. The molecule has 1 saturated carbocycles. The Morgan fingerprint density at radius 3 is 0.786 bits per heavy atom. The average molecular weight is 413 g/mol. The summed E-state index contributed by atoms with van der Waals surface area (Å²) in [7, 11) is 0. The zero-order chi connectivity index (χ0) is 21.7. The van der Waals surface area contributed by atoms with Crippen molar-refractivity contribution in [3.05, 3.63) is 0 Å². The van der Waals surface area contributed by atoms with Gasteiger partial charge in [-0.05, 0) is 12.8 Å². The van der Waals surface area contributed by atoms with Crippen molar-refractivity contribution in [1.29, 1.82) is 0 Å². The van der Waals surface area contributed by atoms with Gasteiger partial charge in [-0.2, -0.15) is 0 Å². The van der Waals surface area contributed by atoms with E-state index in [4.69, 9.17) is 35.7 Å². The van der Waals surface area contributed by atoms with Crippen LogP contribution in [0.3, 0.4) is 0 Å². The predicted molar refractivity (Wildman–Crippen MR) is 113 cm³/mol. The fourth-order valence-electron chi connectivity index (χ4n) is 2.40. The van der Waals surface area contributed by atoms with Crippen LogP contribution >= 0.6 is 0 Å². The van der Waals surface area contributed by atoms with Gasteiger partial charge in [0, 0.05) is 13.2 Å². The maximum absolute atomic E-state index is 8.51. The molecule has 0 aromatic carbocycles. The summed E-state index contributed by atoms with van der Waals surface area (Å²) >= 11 is 0. The van der Waals surface area contributed by atoms with Crippen molar-refractivity contribution in [3.8, 4) is 0 Å². The van der Waals surface area contributed by atoms with Gasteiger partial charge in [-0.3, -0.25) is 0 Å². The van der Waals surface area contributed by atoms with Crippen LogP contribution < -0.4 is 0 Å². The summed E-state index contributed by atoms with van der Waals surface area (Å²) in [5, 5.41) is 56.3. The van der Waals surface area contributed by atoms with E-state index in [-0.39, 0.29) is 26.4 Å². The summed E-state index contributed by atoms with van der Waals surface area (Å²) in [6.07, 6.45) is 17.3. The molecule has 0 saturated heterocycles. The number of unbranched alkanes of at least 4 members (excludes halogenated alkanes) is 7. The van der Waals surface area contributed by atoms with Gasteiger partial charge in [0.2, 0.25) is 0 Å². The van der Waals surface area contributed by atoms with Gasteiger partial charge < -0.3 is 35.7 Å². The topological polar surface area (TPSA) is 142 Å². The highest BCUT2D eigenvalue weighted by Crippen LogP contribution is 2.15. The average Bonchev–Trinajstić information content (AvgIpc) is 2.77. The molecule has 1 aliphatic rings. The molecule has 0 heterocycles. The minimum atomic E-state index is -0.954. The van der Waals surface area contributed by atoms with Crippen LogP contribution in [0.5, 0.6) is 0 Å². The standard InChI is InChI=1S/C10H22O2.C6H12.C3H8O3.C2H6O2/c11-9-7-5-3-1-2-4-6-8-10-12;1-2-4-6-5-3-1;4-1-3(6)2-5;3-1-2-4/h11-12H,1-10H2;1-6H2;3-6H,1-2H2;3-4H,1-2H2. The Hall–Kier alpha value is -0.280. The van der Waals surface area contributed by atoms with E-state index >= 15 is 0 Å². The third-order valence-corrected chi connectivity index (χ3v) is 4.09. The molecule has 0 aliphatic heterocycles. The minimum absolute atomic E-state index is 0.125. The molecule has 0 amide bonds. The highest BCUT2D eigenvalue weighted by molar-refractivity contribution is 4.51. The molecule has 0 radical (unpaired) electrons. The van der Waals surface area contributed by atoms with E-state index < -0.39 is 6.10 Å². The maximum atomic E-state index is 8.51. The van der Waals surface area contributed by atoms with E-state index in [1.807, 2.05) is 0 Å². The maximum Gasteiger partial charge on any atom is 0.100 e. The molecule has 1 fully saturated rings. The smallest absolute Gasteiger partial charge is 0.100 e. The van der Waals surface area contributed by atoms with Crippen molar-refractivity contribution in [1.82, 2.24) is 0 Å². The fraction of sp³-hybridized carbons (Fsp3) is 1.00. The number of aliphatic hydroxyl groups excluding tert-OH is 7. The van der Waals surface area contributed by atoms with E-state index in [1.165, 1.54) is 64.2 Å². The minimum Gasteiger partial charge on any atom is -0.396 e. The molecule has 0 aromatic heterocycles. The van der Waals surface area contributed by atoms with Crippen molar-refractivity contribution in [2.45, 2.75) is 96.0 Å². The third-order valence-electron chi connectivity index (χ3n) is 4.09. The number of aliphatic hydroxyl groups is 7. The van der Waals surface area contributed by atoms with Gasteiger partial charge in [0.1, 0.15) is 6.10 Å². The van der Waals surface area contributed by atoms with Gasteiger partial charge in [-0.1, -0.05) is 77.0 Å². The van der Waals surface area contributed by atoms with Crippen LogP contribution in [-0.4, -0.2) is 81.5 Å². The van der Waals surface area contributed by atoms with Crippen molar-refractivity contribution in [2.75, 3.05) is 39.6 Å². The first-order chi connectivity index (χ1) is 13.6. The zero-order valence-corrected chi connectivity index (χ0v) is 17.8. The van der Waals surface area contributed by atoms with Gasteiger partial charge in [-0.15, -0.1) is 0 Å². The first kappa shape index (κ1) is 32.4. The summed E-state index contributed by atoms with van der Waals surface area (Å²) in [5.41, 5.74) is 0. The quantitative estimate of drug-likeness (QED) is 0.242. The first-order valence-corrected chi connectivity index (χ1v) is 11.0. The van der Waals surface area contributed by atoms with Crippen LogP contribution in [0.25, 0.3) is 0 Å². The Balaban J connectivity index is -0.000000328. The molecule has 7 nitrogen and oxygen atoms in total. The number of hydrogen-bond donors (Lipinski definition) is 7. The molecule has 174 valence electrons. The number of rotatable bonds is 12. The Morgan fingerprint density at radius 1 is 0.393 bits per heavy atom. The molecule has 1 aliphatic carbocycles. The molecule has 28 heavy (non-hydrogen) atoms. The zero-order valence-electron chi connectivity index (χ0n) is 17.8. The molecule has 1 rings (SSSR count). The molecule has 7 N–H and O–H groups in total. The van der Waals surface area contributed by atoms with Crippen molar-refractivity contribution < 1.29 is 35.7 Å². The highest BCUT2D eigenvalue weighted by Gasteiger charge is 1.95. The van der Waals surface area contributed by atoms with E-state index in [2.05, 4.69) is 0 Å². The van der Waals surface area contributed by atoms with E-state index in [1.54, 1.807) is 0 Å². The third kappa shape index (κ3) is 40.4. The molecule has 0 unspecified atom stereocenters. The lowest BCUT2D eigenvalue weighted by molar-refractivity contribution is 0.0450. The summed E-state index contributed by atoms with van der Waals surface area (Å²) in [6.45, 7) is -0.304. The van der Waals surface area contributed by atoms with Crippen LogP contribution in [-0.2, 0) is 0 Å². The largest absolute Gasteiger partial charge is 0.396 e. The molecule has 0 bridgehead atoms. The van der Waals surface area contributed by atoms with Gasteiger partial charge in [0.25, 0.3) is 0 Å². The van der Waals surface area contributed by atoms with E-state index in [0.29, 0.717) is 13.2 Å². The normalized spacial score (nSPS) is 12.9. The highest BCUT2D eigenvalue weighted by atomic mass is 16.3. The molecular weight excluding hydrogens is 364 g/mol. The van der Waals surface area contributed by atoms with Gasteiger partial charge >= 0.3 is 0 Å². The molecule has 7 heteroatoms. The molecule has 0 aromatic rings. The lowest BCUT2D eigenvalue weighted by Gasteiger charge is -2.05. The second-order valence-corrected chi connectivity index (χ2v) is 6.86. The van der Waals surface area contributed by atoms with Gasteiger partial charge in [0.05, 0.1) is 26.4 Å². The van der Waals surface area contributed by atoms with Crippen molar-refractivity contribution in [2.24, 2.45) is 0 Å². The second kappa shape index (κ2) is 34.2. The Morgan fingerprint density at radius 2 is 0.643 bits per heavy atom. The SMILES string of the molecule is C1CCCCC1.OCC(O)CO.OCCCCCCCCCCO.OCCO. The van der Waals surface area contributed by atoms with Crippen LogP contribution in [0.2, 0.25) is 0 Å². The predicted octanol–water partition coefficient (Wildman–Crippen LogP) is 1.74. The van der Waals surface area contributed by atoms with Crippen LogP contribution in [0.1, 0.15) is 89.9 Å². The fourth-order valence-corrected chi connectivity index (χ4v) is 2.40. The summed E-state index contributed by atoms with van der Waals surface area (Å²) in [5.74, 6) is 0. The monoisotopic (exact) mass is 412 g/mol. The molecular formula is C21H48O7. The molecule has 0 atom stereocenters. The Bertz CT molecular complexity index is 199. The summed E-state index contributed by atoms with van der Waals surface area (Å²) in [6, 6.07) is 0. The van der Waals surface area contributed by atoms with E-state index in [9.17, 15) is 0 Å². The lowest BCUT2D eigenvalue weighted by Crippen LogP contribution is -2.15. The van der Waals surface area contributed by atoms with Crippen LogP contribution in [0, 0.1) is 0 Å². The Kier molecular flexibility index (Phi) is 39.6. The van der Waals surface area contributed by atoms with Gasteiger partial charge in [-0.25, -0.2) is 0 Å². The van der Waals surface area contributed by atoms with E-state index in [0.717, 1.165) is 25.7 Å². The van der Waals surface area contributed by atoms with Gasteiger partial charge in [0.15, 0.2) is 0 Å². The summed E-state index contributed by atoms with van der Waals surface area (Å²) in [4.78, 5) is 0. The van der Waals surface area contributed by atoms with Crippen LogP contribution in [0.15, 0.2) is 0 Å². The lowest BCUT2D eigenvalue weighted by atomic mass is 10.0. The summed E-state index contributed by atoms with van der Waals surface area (Å²) < 4.78 is 0. The number of hydrogen-bond acceptors (Lipinski definition) is 7. The van der Waals surface area contributed by atoms with Crippen molar-refractivity contribution >= 4 is 0 Å².